The predicted molar refractivity (Wildman–Crippen MR) is 107 cm³/mol. The van der Waals surface area contributed by atoms with Crippen molar-refractivity contribution in [2.24, 2.45) is 0 Å². The number of aryl methyl sites for hydroxylation is 1. The SMILES string of the molecule is Cc1cc(C(=O)COC(=O)c2ccc(S(C)(=O)=O)cc2)c(C)n1C[C@@H]1CCCO1. The van der Waals surface area contributed by atoms with Crippen LogP contribution in [-0.4, -0.2) is 50.3 Å². The average Bonchev–Trinajstić information content (AvgIpc) is 3.29. The van der Waals surface area contributed by atoms with Crippen molar-refractivity contribution < 1.29 is 27.5 Å². The van der Waals surface area contributed by atoms with Crippen molar-refractivity contribution in [1.82, 2.24) is 4.57 Å². The highest BCUT2D eigenvalue weighted by Gasteiger charge is 2.22. The van der Waals surface area contributed by atoms with Crippen molar-refractivity contribution in [3.8, 4) is 0 Å². The summed E-state index contributed by atoms with van der Waals surface area (Å²) in [5, 5.41) is 0. The van der Waals surface area contributed by atoms with E-state index in [2.05, 4.69) is 4.57 Å². The topological polar surface area (TPSA) is 91.7 Å². The second-order valence-corrected chi connectivity index (χ2v) is 9.34. The molecular weight excluding hydrogens is 394 g/mol. The molecule has 0 saturated carbocycles. The fourth-order valence-electron chi connectivity index (χ4n) is 3.49. The number of hydrogen-bond acceptors (Lipinski definition) is 6. The van der Waals surface area contributed by atoms with Gasteiger partial charge in [0.1, 0.15) is 0 Å². The molecule has 2 heterocycles. The van der Waals surface area contributed by atoms with Crippen LogP contribution in [0.1, 0.15) is 44.9 Å². The molecule has 0 N–H and O–H groups in total. The zero-order valence-corrected chi connectivity index (χ0v) is 17.6. The van der Waals surface area contributed by atoms with E-state index in [1.165, 1.54) is 24.3 Å². The van der Waals surface area contributed by atoms with Crippen molar-refractivity contribution in [1.29, 1.82) is 0 Å². The molecule has 1 atom stereocenters. The lowest BCUT2D eigenvalue weighted by molar-refractivity contribution is 0.0474. The minimum absolute atomic E-state index is 0.115. The molecule has 0 radical (unpaired) electrons. The van der Waals surface area contributed by atoms with Crippen LogP contribution in [-0.2, 0) is 25.9 Å². The zero-order chi connectivity index (χ0) is 21.2. The minimum atomic E-state index is -3.34. The molecule has 0 spiro atoms. The molecule has 1 aliphatic heterocycles. The van der Waals surface area contributed by atoms with E-state index >= 15 is 0 Å². The molecule has 0 bridgehead atoms. The van der Waals surface area contributed by atoms with Gasteiger partial charge in [-0.2, -0.15) is 0 Å². The molecule has 156 valence electrons. The van der Waals surface area contributed by atoms with E-state index in [9.17, 15) is 18.0 Å². The lowest BCUT2D eigenvalue weighted by Gasteiger charge is -2.14. The van der Waals surface area contributed by atoms with Gasteiger partial charge in [-0.15, -0.1) is 0 Å². The van der Waals surface area contributed by atoms with Crippen LogP contribution in [0.2, 0.25) is 0 Å². The summed E-state index contributed by atoms with van der Waals surface area (Å²) >= 11 is 0. The number of nitrogens with zero attached hydrogens (tertiary/aromatic N) is 1. The number of ether oxygens (including phenoxy) is 2. The molecule has 3 rings (SSSR count). The van der Waals surface area contributed by atoms with E-state index < -0.39 is 15.8 Å². The first-order valence-electron chi connectivity index (χ1n) is 9.45. The van der Waals surface area contributed by atoms with Crippen molar-refractivity contribution in [3.05, 3.63) is 52.8 Å². The van der Waals surface area contributed by atoms with Crippen LogP contribution in [0, 0.1) is 13.8 Å². The van der Waals surface area contributed by atoms with E-state index in [-0.39, 0.29) is 29.0 Å². The Morgan fingerprint density at radius 2 is 1.90 bits per heavy atom. The summed E-state index contributed by atoms with van der Waals surface area (Å²) in [5.74, 6) is -0.954. The highest BCUT2D eigenvalue weighted by atomic mass is 32.2. The molecule has 1 aromatic heterocycles. The van der Waals surface area contributed by atoms with Gasteiger partial charge in [-0.3, -0.25) is 4.79 Å². The van der Waals surface area contributed by atoms with Gasteiger partial charge >= 0.3 is 5.97 Å². The Bertz CT molecular complexity index is 1010. The maximum atomic E-state index is 12.6. The summed E-state index contributed by atoms with van der Waals surface area (Å²) in [6.45, 7) is 4.92. The van der Waals surface area contributed by atoms with E-state index in [1.54, 1.807) is 6.07 Å². The number of aromatic nitrogens is 1. The van der Waals surface area contributed by atoms with Crippen molar-refractivity contribution in [2.75, 3.05) is 19.5 Å². The Morgan fingerprint density at radius 3 is 2.48 bits per heavy atom. The van der Waals surface area contributed by atoms with Crippen LogP contribution < -0.4 is 0 Å². The summed E-state index contributed by atoms with van der Waals surface area (Å²) in [6, 6.07) is 7.23. The molecule has 0 amide bonds. The largest absolute Gasteiger partial charge is 0.454 e. The van der Waals surface area contributed by atoms with Crippen molar-refractivity contribution in [2.45, 2.75) is 44.2 Å². The maximum Gasteiger partial charge on any atom is 0.338 e. The average molecular weight is 419 g/mol. The Kier molecular flexibility index (Phi) is 6.24. The number of rotatable bonds is 7. The van der Waals surface area contributed by atoms with Gasteiger partial charge < -0.3 is 14.0 Å². The standard InChI is InChI=1S/C21H25NO6S/c1-14-11-19(15(2)22(14)12-17-5-4-10-27-17)20(23)13-28-21(24)16-6-8-18(9-7-16)29(3,25)26/h6-9,11,17H,4-5,10,12-13H2,1-3H3/t17-/m0/s1. The molecular formula is C21H25NO6S. The Labute approximate surface area is 170 Å². The van der Waals surface area contributed by atoms with Gasteiger partial charge in [0, 0.05) is 36.4 Å². The third-order valence-corrected chi connectivity index (χ3v) is 6.27. The molecule has 2 aromatic rings. The first-order valence-corrected chi connectivity index (χ1v) is 11.3. The Balaban J connectivity index is 1.64. The lowest BCUT2D eigenvalue weighted by atomic mass is 10.1. The first-order chi connectivity index (χ1) is 13.7. The summed E-state index contributed by atoms with van der Waals surface area (Å²) in [5.41, 5.74) is 2.51. The highest BCUT2D eigenvalue weighted by Crippen LogP contribution is 2.21. The van der Waals surface area contributed by atoms with Crippen LogP contribution in [0.5, 0.6) is 0 Å². The molecule has 29 heavy (non-hydrogen) atoms. The molecule has 0 aliphatic carbocycles. The van der Waals surface area contributed by atoms with Crippen LogP contribution in [0.25, 0.3) is 0 Å². The Hall–Kier alpha value is -2.45. The summed E-state index contributed by atoms with van der Waals surface area (Å²) < 4.78 is 35.9. The predicted octanol–water partition coefficient (Wildman–Crippen LogP) is 2.73. The number of hydrogen-bond donors (Lipinski definition) is 0. The van der Waals surface area contributed by atoms with Crippen LogP contribution in [0.3, 0.4) is 0 Å². The second kappa shape index (κ2) is 8.51. The molecule has 8 heteroatoms. The van der Waals surface area contributed by atoms with Crippen LogP contribution in [0.4, 0.5) is 0 Å². The molecule has 1 fully saturated rings. The van der Waals surface area contributed by atoms with Crippen LogP contribution >= 0.6 is 0 Å². The first kappa shape index (κ1) is 21.3. The zero-order valence-electron chi connectivity index (χ0n) is 16.8. The molecule has 0 unspecified atom stereocenters. The van der Waals surface area contributed by atoms with Gasteiger partial charge in [0.2, 0.25) is 5.78 Å². The van der Waals surface area contributed by atoms with Gasteiger partial charge in [0.25, 0.3) is 0 Å². The number of benzene rings is 1. The van der Waals surface area contributed by atoms with E-state index in [1.807, 2.05) is 13.8 Å². The number of carbonyl (C=O) groups excluding carboxylic acids is 2. The van der Waals surface area contributed by atoms with E-state index in [0.29, 0.717) is 12.1 Å². The third-order valence-electron chi connectivity index (χ3n) is 5.14. The van der Waals surface area contributed by atoms with Gasteiger partial charge in [0.15, 0.2) is 16.4 Å². The number of sulfone groups is 1. The fourth-order valence-corrected chi connectivity index (χ4v) is 4.12. The van der Waals surface area contributed by atoms with Crippen molar-refractivity contribution in [3.63, 3.8) is 0 Å². The third kappa shape index (κ3) is 4.94. The maximum absolute atomic E-state index is 12.6. The van der Waals surface area contributed by atoms with Gasteiger partial charge in [0.05, 0.1) is 16.6 Å². The molecule has 1 aromatic carbocycles. The number of ketones is 1. The normalized spacial score (nSPS) is 16.7. The smallest absolute Gasteiger partial charge is 0.338 e. The van der Waals surface area contributed by atoms with E-state index in [4.69, 9.17) is 9.47 Å². The fraction of sp³-hybridized carbons (Fsp3) is 0.429. The second-order valence-electron chi connectivity index (χ2n) is 7.33. The van der Waals surface area contributed by atoms with Crippen LogP contribution in [0.15, 0.2) is 35.2 Å². The van der Waals surface area contributed by atoms with E-state index in [0.717, 1.165) is 37.1 Å². The van der Waals surface area contributed by atoms with Gasteiger partial charge in [-0.1, -0.05) is 0 Å². The molecule has 1 saturated heterocycles. The lowest BCUT2D eigenvalue weighted by Crippen LogP contribution is -2.18. The summed E-state index contributed by atoms with van der Waals surface area (Å²) in [6.07, 6.45) is 3.32. The highest BCUT2D eigenvalue weighted by molar-refractivity contribution is 7.90. The quantitative estimate of drug-likeness (QED) is 0.506. The summed E-state index contributed by atoms with van der Waals surface area (Å²) in [4.78, 5) is 24.9. The number of carbonyl (C=O) groups is 2. The van der Waals surface area contributed by atoms with Gasteiger partial charge in [-0.05, 0) is 57.0 Å². The van der Waals surface area contributed by atoms with Gasteiger partial charge in [-0.25, -0.2) is 13.2 Å². The monoisotopic (exact) mass is 419 g/mol. The Morgan fingerprint density at radius 1 is 1.21 bits per heavy atom. The molecule has 1 aliphatic rings. The summed E-state index contributed by atoms with van der Waals surface area (Å²) in [7, 11) is -3.34. The van der Waals surface area contributed by atoms with Crippen molar-refractivity contribution >= 4 is 21.6 Å². The molecule has 7 nitrogen and oxygen atoms in total. The minimum Gasteiger partial charge on any atom is -0.454 e. The number of Topliss-reactive ketones (excluding diaryl/α,β-unsaturated/α-hetero) is 1. The number of esters is 1.